The van der Waals surface area contributed by atoms with E-state index in [0.717, 1.165) is 17.8 Å². The van der Waals surface area contributed by atoms with Crippen LogP contribution in [0, 0.1) is 0 Å². The van der Waals surface area contributed by atoms with Gasteiger partial charge in [-0.2, -0.15) is 0 Å². The topological polar surface area (TPSA) is 0 Å². The molecule has 0 saturated carbocycles. The van der Waals surface area contributed by atoms with E-state index in [0.29, 0.717) is 0 Å². The molecule has 0 saturated heterocycles. The number of rotatable bonds is 4. The second kappa shape index (κ2) is 6.78. The van der Waals surface area contributed by atoms with Crippen LogP contribution in [0.2, 0.25) is 39.3 Å². The fraction of sp³-hybridized carbons (Fsp3) is 1.00. The van der Waals surface area contributed by atoms with Crippen molar-refractivity contribution in [3.8, 4) is 0 Å². The molecule has 2 rings (SSSR count). The Morgan fingerprint density at radius 1 is 0.647 bits per heavy atom. The average Bonchev–Trinajstić information content (AvgIpc) is 2.56. The third-order valence-electron chi connectivity index (χ3n) is 1.39. The van der Waals surface area contributed by atoms with Crippen molar-refractivity contribution < 1.29 is 0 Å². The molecule has 0 aromatic carbocycles. The van der Waals surface area contributed by atoms with Crippen LogP contribution in [0.4, 0.5) is 0 Å². The molecule has 4 atom stereocenters. The van der Waals surface area contributed by atoms with Crippen molar-refractivity contribution in [2.24, 2.45) is 0 Å². The van der Waals surface area contributed by atoms with E-state index in [2.05, 4.69) is 39.3 Å². The Labute approximate surface area is 137 Å². The molecule has 2 aromatic heterocycles. The zero-order chi connectivity index (χ0) is 12.8. The normalized spacial score (nSPS) is 18.0. The third kappa shape index (κ3) is 5.74. The molecule has 2 bridgehead atoms. The van der Waals surface area contributed by atoms with E-state index < -0.39 is 13.4 Å². The fourth-order valence-electron chi connectivity index (χ4n) is 0.957. The molecular formula is C6H18P4Se5Si2. The summed E-state index contributed by atoms with van der Waals surface area (Å²) in [5, 5.41) is 0. The minimum atomic E-state index is -0.654. The molecule has 0 nitrogen and oxygen atoms in total. The van der Waals surface area contributed by atoms with E-state index in [1.165, 1.54) is 68.5 Å². The first-order valence-corrected chi connectivity index (χ1v) is 41.7. The summed E-state index contributed by atoms with van der Waals surface area (Å²) in [4.78, 5) is 0. The summed E-state index contributed by atoms with van der Waals surface area (Å²) in [5.74, 6) is 0. The molecule has 0 aliphatic heterocycles. The van der Waals surface area contributed by atoms with E-state index in [9.17, 15) is 0 Å². The second-order valence-electron chi connectivity index (χ2n) is 5.60. The molecule has 11 heteroatoms. The van der Waals surface area contributed by atoms with Crippen LogP contribution in [0.15, 0.2) is 0 Å². The van der Waals surface area contributed by atoms with Gasteiger partial charge in [-0.25, -0.2) is 0 Å². The van der Waals surface area contributed by atoms with Crippen molar-refractivity contribution in [2.45, 2.75) is 39.3 Å². The first-order chi connectivity index (χ1) is 7.64. The van der Waals surface area contributed by atoms with Crippen molar-refractivity contribution in [1.29, 1.82) is 0 Å². The standard InChI is InChI=1S/C6H18P4Se5Si2/c1-16(2,3)14-9-7-11-8(12-9)10(13-7)15-17(4,5)6/h1-6H3. The van der Waals surface area contributed by atoms with Gasteiger partial charge in [-0.05, 0) is 0 Å². The quantitative estimate of drug-likeness (QED) is 0.429. The van der Waals surface area contributed by atoms with Gasteiger partial charge in [0.2, 0.25) is 0 Å². The number of fused-ring (bicyclic) bond motifs is 2. The molecule has 0 radical (unpaired) electrons. The molecule has 0 aliphatic carbocycles. The van der Waals surface area contributed by atoms with Gasteiger partial charge >= 0.3 is 139 Å². The van der Waals surface area contributed by atoms with Crippen LogP contribution < -0.4 is 0 Å². The summed E-state index contributed by atoms with van der Waals surface area (Å²) in [6.45, 7) is 14.6. The van der Waals surface area contributed by atoms with Gasteiger partial charge in [-0.1, -0.05) is 0 Å². The third-order valence-corrected chi connectivity index (χ3v) is 199. The summed E-state index contributed by atoms with van der Waals surface area (Å²) >= 11 is 6.25. The molecule has 100 valence electrons. The van der Waals surface area contributed by atoms with Crippen molar-refractivity contribution in [3.05, 3.63) is 0 Å². The van der Waals surface area contributed by atoms with E-state index in [-0.39, 0.29) is 0 Å². The Hall–Kier alpha value is 4.23. The molecule has 0 spiro atoms. The molecule has 0 N–H and O–H groups in total. The predicted molar refractivity (Wildman–Crippen MR) is 103 cm³/mol. The Kier molecular flexibility index (Phi) is 7.01. The molecule has 0 amide bonds. The zero-order valence-electron chi connectivity index (χ0n) is 10.8. The Bertz CT molecular complexity index is 472. The number of hydrogen-bond donors (Lipinski definition) is 0. The van der Waals surface area contributed by atoms with Crippen molar-refractivity contribution >= 4 is 99.7 Å². The first kappa shape index (κ1) is 17.6. The monoisotopic (exact) mass is 670 g/mol. The molecule has 4 unspecified atom stereocenters. The summed E-state index contributed by atoms with van der Waals surface area (Å²) in [7, 11) is 0. The Morgan fingerprint density at radius 2 is 1.00 bits per heavy atom. The van der Waals surface area contributed by atoms with E-state index >= 15 is 0 Å². The van der Waals surface area contributed by atoms with Crippen LogP contribution in [-0.2, 0) is 0 Å². The predicted octanol–water partition coefficient (Wildman–Crippen LogP) is 4.28. The molecule has 2 aromatic rings. The van der Waals surface area contributed by atoms with Crippen LogP contribution in [0.3, 0.4) is 0 Å². The molecule has 17 heavy (non-hydrogen) atoms. The van der Waals surface area contributed by atoms with Gasteiger partial charge in [0, 0.05) is 0 Å². The molecule has 0 aliphatic rings. The summed E-state index contributed by atoms with van der Waals surface area (Å²) < 4.78 is 3.10. The Balaban J connectivity index is 2.22. The molecule has 0 fully saturated rings. The van der Waals surface area contributed by atoms with Crippen molar-refractivity contribution in [2.75, 3.05) is 0 Å². The van der Waals surface area contributed by atoms with Gasteiger partial charge in [0.25, 0.3) is 0 Å². The van der Waals surface area contributed by atoms with Gasteiger partial charge in [-0.15, -0.1) is 0 Å². The fourth-order valence-corrected chi connectivity index (χ4v) is 451. The summed E-state index contributed by atoms with van der Waals surface area (Å²) in [6.07, 6.45) is 0. The van der Waals surface area contributed by atoms with E-state index in [1.807, 2.05) is 0 Å². The SMILES string of the molecule is C[Si](C)(C)[Se]p1[se]p2[se]p1[se]p2[Se][Si](C)(C)C. The molecule has 2 heterocycles. The minimum absolute atomic E-state index is 0.654. The summed E-state index contributed by atoms with van der Waals surface area (Å²) in [5.41, 5.74) is 0. The van der Waals surface area contributed by atoms with Crippen LogP contribution in [0.1, 0.15) is 0 Å². The first-order valence-electron chi connectivity index (χ1n) is 5.27. The Morgan fingerprint density at radius 3 is 1.24 bits per heavy atom. The van der Waals surface area contributed by atoms with Crippen LogP contribution in [-0.4, -0.2) is 81.9 Å². The van der Waals surface area contributed by atoms with Crippen molar-refractivity contribution in [1.82, 2.24) is 0 Å². The van der Waals surface area contributed by atoms with Crippen LogP contribution in [0.25, 0.3) is 0 Å². The van der Waals surface area contributed by atoms with Gasteiger partial charge in [0.1, 0.15) is 0 Å². The van der Waals surface area contributed by atoms with Gasteiger partial charge in [0.05, 0.1) is 0 Å². The van der Waals surface area contributed by atoms with E-state index in [1.54, 1.807) is 0 Å². The van der Waals surface area contributed by atoms with Gasteiger partial charge < -0.3 is 0 Å². The van der Waals surface area contributed by atoms with Crippen LogP contribution >= 0.6 is 17.8 Å². The average molecular weight is 665 g/mol. The van der Waals surface area contributed by atoms with Gasteiger partial charge in [-0.3, -0.25) is 0 Å². The van der Waals surface area contributed by atoms with E-state index in [4.69, 9.17) is 0 Å². The molecular weight excluding hydrogens is 647 g/mol. The van der Waals surface area contributed by atoms with Gasteiger partial charge in [0.15, 0.2) is 0 Å². The van der Waals surface area contributed by atoms with Crippen molar-refractivity contribution in [3.63, 3.8) is 0 Å². The second-order valence-corrected chi connectivity index (χ2v) is 103. The van der Waals surface area contributed by atoms with Crippen LogP contribution in [0.5, 0.6) is 0 Å². The summed E-state index contributed by atoms with van der Waals surface area (Å²) in [6, 6.07) is 0. The zero-order valence-corrected chi connectivity index (χ0v) is 25.0. The maximum absolute atomic E-state index is 2.65. The maximum atomic E-state index is 2.65. The number of hydrogen-bond acceptors (Lipinski definition) is 0.